The van der Waals surface area contributed by atoms with Crippen molar-refractivity contribution in [3.63, 3.8) is 0 Å². The molecule has 2 amide bonds. The topological polar surface area (TPSA) is 165 Å². The number of ketones is 1. The van der Waals surface area contributed by atoms with Crippen LogP contribution in [-0.2, 0) is 28.5 Å². The van der Waals surface area contributed by atoms with Crippen molar-refractivity contribution in [3.05, 3.63) is 54.2 Å². The van der Waals surface area contributed by atoms with Gasteiger partial charge in [0.25, 0.3) is 11.9 Å². The Hall–Kier alpha value is -4.10. The van der Waals surface area contributed by atoms with Crippen LogP contribution >= 0.6 is 0 Å². The number of carboxylic acids is 1. The van der Waals surface area contributed by atoms with E-state index in [-0.39, 0.29) is 24.5 Å². The average Bonchev–Trinajstić information content (AvgIpc) is 3.15. The van der Waals surface area contributed by atoms with Crippen LogP contribution in [-0.4, -0.2) is 87.8 Å². The molecule has 13 heteroatoms. The highest BCUT2D eigenvalue weighted by Crippen LogP contribution is 2.47. The van der Waals surface area contributed by atoms with E-state index in [1.165, 1.54) is 32.0 Å². The van der Waals surface area contributed by atoms with Crippen LogP contribution in [0, 0.1) is 5.92 Å². The summed E-state index contributed by atoms with van der Waals surface area (Å²) in [6.07, 6.45) is -2.21. The first-order valence-corrected chi connectivity index (χ1v) is 14.3. The van der Waals surface area contributed by atoms with E-state index in [9.17, 15) is 29.1 Å². The third kappa shape index (κ3) is 6.94. The highest BCUT2D eigenvalue weighted by molar-refractivity contribution is 6.67. The van der Waals surface area contributed by atoms with E-state index in [1.54, 1.807) is 12.1 Å². The highest BCUT2D eigenvalue weighted by Gasteiger charge is 2.69. The Bertz CT molecular complexity index is 1400. The Morgan fingerprint density at radius 2 is 1.79 bits per heavy atom. The van der Waals surface area contributed by atoms with E-state index >= 15 is 0 Å². The summed E-state index contributed by atoms with van der Waals surface area (Å²) >= 11 is 0. The summed E-state index contributed by atoms with van der Waals surface area (Å²) in [5.41, 5.74) is -0.384. The lowest BCUT2D eigenvalue weighted by atomic mass is 9.57. The van der Waals surface area contributed by atoms with Crippen LogP contribution in [0.3, 0.4) is 0 Å². The fourth-order valence-electron chi connectivity index (χ4n) is 5.60. The van der Waals surface area contributed by atoms with E-state index < -0.39 is 72.7 Å². The number of nitrogens with zero attached hydrogens (tertiary/aromatic N) is 2. The molecule has 0 saturated carbocycles. The smallest absolute Gasteiger partial charge is 0.576 e. The fraction of sp³-hybridized carbons (Fsp3) is 0.467. The van der Waals surface area contributed by atoms with Crippen molar-refractivity contribution in [2.24, 2.45) is 5.92 Å². The molecule has 1 aromatic heterocycles. The number of aliphatic carboxylic acids is 1. The van der Waals surface area contributed by atoms with Gasteiger partial charge in [0.15, 0.2) is 5.78 Å². The van der Waals surface area contributed by atoms with Gasteiger partial charge in [0.1, 0.15) is 11.7 Å². The number of fused-ring (bicyclic) bond motifs is 2. The second-order valence-corrected chi connectivity index (χ2v) is 11.9. The van der Waals surface area contributed by atoms with Gasteiger partial charge in [0.2, 0.25) is 11.5 Å². The van der Waals surface area contributed by atoms with Crippen molar-refractivity contribution in [1.29, 1.82) is 0 Å². The first kappa shape index (κ1) is 31.8. The molecular weight excluding hydrogens is 557 g/mol. The van der Waals surface area contributed by atoms with Crippen molar-refractivity contribution in [1.82, 2.24) is 15.2 Å². The summed E-state index contributed by atoms with van der Waals surface area (Å²) < 4.78 is 15.9. The Balaban J connectivity index is 1.57. The van der Waals surface area contributed by atoms with Crippen LogP contribution in [0.5, 0.6) is 0 Å². The van der Waals surface area contributed by atoms with Crippen LogP contribution < -0.4 is 5.32 Å². The van der Waals surface area contributed by atoms with Gasteiger partial charge in [0, 0.05) is 24.5 Å². The molecule has 2 fully saturated rings. The second kappa shape index (κ2) is 12.6. The van der Waals surface area contributed by atoms with Gasteiger partial charge in [0.05, 0.1) is 24.6 Å². The maximum atomic E-state index is 13.7. The van der Waals surface area contributed by atoms with E-state index in [1.807, 2.05) is 44.2 Å². The first-order valence-electron chi connectivity index (χ1n) is 14.3. The zero-order valence-corrected chi connectivity index (χ0v) is 25.0. The van der Waals surface area contributed by atoms with Gasteiger partial charge in [-0.1, -0.05) is 56.7 Å². The molecule has 0 radical (unpaired) electrons. The summed E-state index contributed by atoms with van der Waals surface area (Å²) in [6, 6.07) is 12.9. The fourth-order valence-corrected chi connectivity index (χ4v) is 5.60. The average molecular weight is 595 g/mol. The maximum absolute atomic E-state index is 13.7. The monoisotopic (exact) mass is 595 g/mol. The van der Waals surface area contributed by atoms with Crippen LogP contribution in [0.1, 0.15) is 56.9 Å². The molecule has 2 aromatic rings. The quantitative estimate of drug-likeness (QED) is 0.275. The lowest BCUT2D eigenvalue weighted by Crippen LogP contribution is -2.57. The van der Waals surface area contributed by atoms with Gasteiger partial charge < -0.3 is 29.3 Å². The molecule has 43 heavy (non-hydrogen) atoms. The molecule has 0 aliphatic carbocycles. The zero-order chi connectivity index (χ0) is 31.5. The normalized spacial score (nSPS) is 23.1. The third-order valence-corrected chi connectivity index (χ3v) is 7.75. The molecule has 2 bridgehead atoms. The van der Waals surface area contributed by atoms with Crippen LogP contribution in [0.4, 0.5) is 0 Å². The minimum Gasteiger partial charge on any atom is -0.716 e. The van der Waals surface area contributed by atoms with Crippen molar-refractivity contribution >= 4 is 36.3 Å². The number of aromatic nitrogens is 1. The third-order valence-electron chi connectivity index (χ3n) is 7.75. The number of aliphatic hydroxyl groups is 1. The van der Waals surface area contributed by atoms with Gasteiger partial charge in [-0.25, -0.2) is 4.98 Å². The van der Waals surface area contributed by atoms with Gasteiger partial charge in [-0.2, -0.15) is 0 Å². The number of aliphatic hydroxyl groups excluding tert-OH is 1. The molecule has 3 heterocycles. The van der Waals surface area contributed by atoms with Crippen LogP contribution in [0.15, 0.2) is 48.5 Å². The molecule has 2 aliphatic heterocycles. The Morgan fingerprint density at radius 1 is 1.09 bits per heavy atom. The minimum absolute atomic E-state index is 0.0356. The molecular formula is C30H38BN3O9. The number of hydrogen-bond donors (Lipinski definition) is 2. The van der Waals surface area contributed by atoms with Crippen LogP contribution in [0.25, 0.3) is 11.3 Å². The molecule has 2 aliphatic rings. The summed E-state index contributed by atoms with van der Waals surface area (Å²) in [5.74, 6) is -4.11. The Kier molecular flexibility index (Phi) is 9.36. The number of nitrogens with one attached hydrogen (secondary N) is 1. The number of rotatable bonds is 12. The molecule has 3 N–H and O–H groups in total. The molecule has 12 nitrogen and oxygen atoms in total. The molecule has 4 rings (SSSR count). The largest absolute Gasteiger partial charge is 0.716 e. The number of carbonyl (C=O) groups is 5. The number of Topliss-reactive ketones (excluding diaryl/α,β-unsaturated/α-hetero) is 1. The predicted molar refractivity (Wildman–Crippen MR) is 156 cm³/mol. The van der Waals surface area contributed by atoms with E-state index in [2.05, 4.69) is 15.0 Å². The summed E-state index contributed by atoms with van der Waals surface area (Å²) in [7, 11) is 3.04. The standard InChI is InChI=1S/C30H38BN3O9/c1-18(2)14-21(31-41-26(38)17-30(43-31,29(40)42-31)16-25(37)34(4)5)15-24(36)27(19(3)35)33-28(39)23-13-9-12-22(32-23)20-10-7-6-8-11-20/h6-13,18-19,21,27,35,42H,14-17H2,1-5H3,(H,33,39)/t19-,21-,27+,30-,31?/m1/s1. The van der Waals surface area contributed by atoms with Gasteiger partial charge in [-0.3, -0.25) is 19.2 Å². The minimum atomic E-state index is -2.98. The number of hydrogen-bond acceptors (Lipinski definition) is 9. The molecule has 5 atom stereocenters. The number of amides is 2. The predicted octanol–water partition coefficient (Wildman–Crippen LogP) is 1.79. The molecule has 1 unspecified atom stereocenters. The summed E-state index contributed by atoms with van der Waals surface area (Å²) in [5, 5.41) is 13.1. The highest BCUT2D eigenvalue weighted by atomic mass is 16.8. The Morgan fingerprint density at radius 3 is 2.42 bits per heavy atom. The molecule has 230 valence electrons. The van der Waals surface area contributed by atoms with Crippen molar-refractivity contribution < 1.29 is 43.0 Å². The molecule has 0 spiro atoms. The van der Waals surface area contributed by atoms with Gasteiger partial charge in [-0.15, -0.1) is 0 Å². The Labute approximate surface area is 250 Å². The number of benzene rings is 1. The SMILES string of the molecule is CC(C)C[C@H](CC(=O)[C@@H](NC(=O)c1cccc(-c2ccccc2)n1)[C@@H](C)O)[B-]12OC(=O)C[C@@](CC(=O)N(C)C)(O1)C(=O)[OH+]2. The van der Waals surface area contributed by atoms with Crippen molar-refractivity contribution in [2.45, 2.75) is 70.0 Å². The lowest BCUT2D eigenvalue weighted by Gasteiger charge is -2.43. The maximum Gasteiger partial charge on any atom is 0.576 e. The lowest BCUT2D eigenvalue weighted by molar-refractivity contribution is -0.160. The van der Waals surface area contributed by atoms with E-state index in [4.69, 9.17) is 9.31 Å². The van der Waals surface area contributed by atoms with Crippen molar-refractivity contribution in [2.75, 3.05) is 14.1 Å². The number of carbonyl (C=O) groups excluding carboxylic acids is 4. The van der Waals surface area contributed by atoms with Gasteiger partial charge in [-0.05, 0) is 37.2 Å². The van der Waals surface area contributed by atoms with Crippen LogP contribution in [0.2, 0.25) is 5.82 Å². The number of pyridine rings is 1. The van der Waals surface area contributed by atoms with E-state index in [0.717, 1.165) is 5.56 Å². The zero-order valence-electron chi connectivity index (χ0n) is 25.0. The van der Waals surface area contributed by atoms with Gasteiger partial charge >= 0.3 is 12.7 Å². The summed E-state index contributed by atoms with van der Waals surface area (Å²) in [6.45, 7) is 2.16. The van der Waals surface area contributed by atoms with E-state index in [0.29, 0.717) is 5.69 Å². The second-order valence-electron chi connectivity index (χ2n) is 11.9. The molecule has 1 aromatic carbocycles. The van der Waals surface area contributed by atoms with Crippen molar-refractivity contribution in [3.8, 4) is 11.3 Å². The molecule has 2 saturated heterocycles. The summed E-state index contributed by atoms with van der Waals surface area (Å²) in [4.78, 5) is 71.1. The first-order chi connectivity index (χ1) is 20.2.